The molecule has 5 rings (SSSR count). The molecule has 4 heterocycles. The molecule has 4 aliphatic rings. The summed E-state index contributed by atoms with van der Waals surface area (Å²) in [5.41, 5.74) is 0.773. The molecule has 11 heteroatoms. The van der Waals surface area contributed by atoms with Gasteiger partial charge in [-0.3, -0.25) is 19.3 Å². The van der Waals surface area contributed by atoms with Gasteiger partial charge in [0.1, 0.15) is 6.04 Å². The molecule has 0 radical (unpaired) electrons. The van der Waals surface area contributed by atoms with E-state index >= 15 is 0 Å². The summed E-state index contributed by atoms with van der Waals surface area (Å²) in [5, 5.41) is 9.14. The highest BCUT2D eigenvalue weighted by Gasteiger charge is 2.76. The maximum atomic E-state index is 14.7. The maximum Gasteiger partial charge on any atom is 0.247 e. The van der Waals surface area contributed by atoms with Gasteiger partial charge in [0, 0.05) is 68.2 Å². The predicted octanol–water partition coefficient (Wildman–Crippen LogP) is 3.57. The molecule has 0 saturated carbocycles. The van der Waals surface area contributed by atoms with E-state index < -0.39 is 22.6 Å². The Kier molecular flexibility index (Phi) is 11.8. The highest BCUT2D eigenvalue weighted by molar-refractivity contribution is 9.09. The molecule has 3 unspecified atom stereocenters. The number of hydrogen-bond acceptors (Lipinski definition) is 7. The second kappa shape index (κ2) is 15.6. The van der Waals surface area contributed by atoms with Gasteiger partial charge in [-0.2, -0.15) is 0 Å². The number of anilines is 1. The van der Waals surface area contributed by atoms with Gasteiger partial charge in [0.05, 0.1) is 29.8 Å². The minimum Gasteiger partial charge on any atom is -0.396 e. The van der Waals surface area contributed by atoms with Crippen LogP contribution in [0.4, 0.5) is 5.69 Å². The molecular weight excluding hydrogens is 656 g/mol. The van der Waals surface area contributed by atoms with Crippen molar-refractivity contribution in [3.63, 3.8) is 0 Å². The van der Waals surface area contributed by atoms with Crippen LogP contribution in [0.3, 0.4) is 0 Å². The average Bonchev–Trinajstić information content (AvgIpc) is 3.65. The number of para-hydroxylation sites is 1. The number of fused-ring (bicyclic) bond motifs is 1. The fourth-order valence-corrected chi connectivity index (χ4v) is 11.2. The van der Waals surface area contributed by atoms with Crippen LogP contribution in [0, 0.1) is 11.8 Å². The molecule has 246 valence electrons. The molecule has 4 aliphatic heterocycles. The summed E-state index contributed by atoms with van der Waals surface area (Å²) in [4.78, 5) is 51.5. The predicted molar refractivity (Wildman–Crippen MR) is 183 cm³/mol. The number of carbonyl (C=O) groups excluding carboxylic acids is 3. The zero-order valence-electron chi connectivity index (χ0n) is 26.1. The third-order valence-electron chi connectivity index (χ3n) is 9.71. The van der Waals surface area contributed by atoms with Crippen molar-refractivity contribution in [2.75, 3.05) is 70.5 Å². The summed E-state index contributed by atoms with van der Waals surface area (Å²) in [5.74, 6) is -1.37. The minimum absolute atomic E-state index is 0.00265. The number of nitrogens with zero attached hydrogens (tertiary/aromatic N) is 4. The van der Waals surface area contributed by atoms with Crippen molar-refractivity contribution < 1.29 is 24.2 Å². The van der Waals surface area contributed by atoms with Gasteiger partial charge in [-0.15, -0.1) is 24.9 Å². The van der Waals surface area contributed by atoms with E-state index in [4.69, 9.17) is 4.74 Å². The molecule has 1 aromatic carbocycles. The number of amides is 3. The average molecular weight is 704 g/mol. The van der Waals surface area contributed by atoms with Crippen molar-refractivity contribution in [2.24, 2.45) is 11.8 Å². The summed E-state index contributed by atoms with van der Waals surface area (Å²) in [6.07, 6.45) is 7.31. The highest BCUT2D eigenvalue weighted by atomic mass is 79.9. The largest absolute Gasteiger partial charge is 0.396 e. The van der Waals surface area contributed by atoms with Gasteiger partial charge < -0.3 is 24.5 Å². The Morgan fingerprint density at radius 1 is 1.04 bits per heavy atom. The molecule has 0 aliphatic carbocycles. The van der Waals surface area contributed by atoms with Crippen LogP contribution in [0.15, 0.2) is 55.6 Å². The van der Waals surface area contributed by atoms with Crippen LogP contribution in [-0.2, 0) is 19.1 Å². The number of thioether (sulfide) groups is 1. The van der Waals surface area contributed by atoms with Crippen molar-refractivity contribution in [2.45, 2.75) is 53.0 Å². The van der Waals surface area contributed by atoms with Crippen molar-refractivity contribution in [3.8, 4) is 0 Å². The van der Waals surface area contributed by atoms with Gasteiger partial charge in [0.15, 0.2) is 0 Å². The summed E-state index contributed by atoms with van der Waals surface area (Å²) in [6.45, 7) is 13.5. The van der Waals surface area contributed by atoms with Crippen LogP contribution in [0.5, 0.6) is 0 Å². The van der Waals surface area contributed by atoms with Crippen LogP contribution >= 0.6 is 27.7 Å². The van der Waals surface area contributed by atoms with Crippen molar-refractivity contribution in [3.05, 3.63) is 55.6 Å². The molecule has 1 spiro atoms. The first-order chi connectivity index (χ1) is 21.9. The van der Waals surface area contributed by atoms with E-state index in [0.717, 1.165) is 51.0 Å². The number of carbonyl (C=O) groups is 3. The molecule has 4 fully saturated rings. The van der Waals surface area contributed by atoms with Crippen molar-refractivity contribution in [1.82, 2.24) is 14.7 Å². The van der Waals surface area contributed by atoms with Gasteiger partial charge in [0.25, 0.3) is 0 Å². The maximum absolute atomic E-state index is 14.7. The lowest BCUT2D eigenvalue weighted by molar-refractivity contribution is -0.142. The zero-order chi connectivity index (χ0) is 32.0. The Balaban J connectivity index is 1.46. The van der Waals surface area contributed by atoms with Crippen LogP contribution < -0.4 is 4.90 Å². The van der Waals surface area contributed by atoms with Gasteiger partial charge >= 0.3 is 0 Å². The van der Waals surface area contributed by atoms with Crippen molar-refractivity contribution >= 4 is 51.1 Å². The molecule has 9 nitrogen and oxygen atoms in total. The summed E-state index contributed by atoms with van der Waals surface area (Å²) < 4.78 is 4.81. The number of morpholine rings is 1. The minimum atomic E-state index is -0.701. The number of likely N-dealkylation sites (tertiary alicyclic amines) is 1. The number of benzene rings is 1. The number of hydrogen-bond donors (Lipinski definition) is 1. The fraction of sp³-hybridized carbons (Fsp3) is 0.618. The van der Waals surface area contributed by atoms with Crippen LogP contribution in [0.1, 0.15) is 32.1 Å². The Bertz CT molecular complexity index is 1220. The van der Waals surface area contributed by atoms with E-state index in [1.54, 1.807) is 28.8 Å². The molecule has 3 amide bonds. The van der Waals surface area contributed by atoms with E-state index in [-0.39, 0.29) is 34.4 Å². The van der Waals surface area contributed by atoms with E-state index in [1.807, 2.05) is 40.1 Å². The standard InChI is InChI=1S/C34H47BrN4O5S/c1-3-14-37(18-17-36-19-22-44-23-20-36)33(43)30-34-24-26(35)29(45-34)27(28(34)32(42)39(30)16-10-5-6-11-21-40)31(41)38(15-4-2)25-12-8-7-9-13-25/h3-4,7-9,12-13,26-30,40H,1-2,5-6,10-11,14-24H2/t26?,27-,28+,29-,30?,34?/m1/s1. The first-order valence-electron chi connectivity index (χ1n) is 16.3. The quantitative estimate of drug-likeness (QED) is 0.160. The van der Waals surface area contributed by atoms with E-state index in [1.165, 1.54) is 0 Å². The number of aliphatic hydroxyl groups is 1. The SMILES string of the molecule is C=CCN(CCN1CCOCC1)C(=O)C1N(CCCCCCO)C(=O)[C@@H]2[C@@H](C(=O)N(CC=C)c3ccccc3)[C@@H]3SC12CC3Br. The molecule has 6 atom stereocenters. The Labute approximate surface area is 280 Å². The lowest BCUT2D eigenvalue weighted by Gasteiger charge is -2.39. The van der Waals surface area contributed by atoms with Crippen LogP contribution in [0.25, 0.3) is 0 Å². The number of alkyl halides is 1. The number of ether oxygens (including phenoxy) is 1. The molecular formula is C34H47BrN4O5S. The van der Waals surface area contributed by atoms with E-state index in [2.05, 4.69) is 34.0 Å². The van der Waals surface area contributed by atoms with E-state index in [0.29, 0.717) is 45.8 Å². The van der Waals surface area contributed by atoms with Crippen LogP contribution in [-0.4, -0.2) is 124 Å². The normalized spacial score (nSPS) is 29.1. The fourth-order valence-electron chi connectivity index (χ4n) is 7.63. The monoisotopic (exact) mass is 702 g/mol. The Morgan fingerprint density at radius 2 is 1.76 bits per heavy atom. The number of halogens is 1. The van der Waals surface area contributed by atoms with Gasteiger partial charge in [-0.05, 0) is 31.4 Å². The Hall–Kier alpha value is -2.18. The number of aliphatic hydroxyl groups excluding tert-OH is 1. The summed E-state index contributed by atoms with van der Waals surface area (Å²) >= 11 is 5.58. The Morgan fingerprint density at radius 3 is 2.44 bits per heavy atom. The lowest BCUT2D eigenvalue weighted by atomic mass is 9.70. The smallest absolute Gasteiger partial charge is 0.247 e. The second-order valence-corrected chi connectivity index (χ2v) is 15.1. The van der Waals surface area contributed by atoms with Crippen LogP contribution in [0.2, 0.25) is 0 Å². The molecule has 1 aromatic rings. The molecule has 1 N–H and O–H groups in total. The third kappa shape index (κ3) is 6.93. The molecule has 2 bridgehead atoms. The first kappa shape index (κ1) is 34.2. The van der Waals surface area contributed by atoms with Gasteiger partial charge in [-0.1, -0.05) is 59.1 Å². The van der Waals surface area contributed by atoms with Gasteiger partial charge in [-0.25, -0.2) is 0 Å². The third-order valence-corrected chi connectivity index (χ3v) is 12.9. The molecule has 45 heavy (non-hydrogen) atoms. The molecule has 4 saturated heterocycles. The van der Waals surface area contributed by atoms with E-state index in [9.17, 15) is 19.5 Å². The lowest BCUT2D eigenvalue weighted by Crippen LogP contribution is -2.56. The summed E-state index contributed by atoms with van der Waals surface area (Å²) in [6, 6.07) is 8.89. The zero-order valence-corrected chi connectivity index (χ0v) is 28.5. The topological polar surface area (TPSA) is 93.6 Å². The second-order valence-electron chi connectivity index (χ2n) is 12.4. The summed E-state index contributed by atoms with van der Waals surface area (Å²) in [7, 11) is 0. The molecule has 0 aromatic heterocycles. The first-order valence-corrected chi connectivity index (χ1v) is 18.1. The van der Waals surface area contributed by atoms with Crippen molar-refractivity contribution in [1.29, 1.82) is 0 Å². The van der Waals surface area contributed by atoms with Gasteiger partial charge in [0.2, 0.25) is 17.7 Å². The number of unbranched alkanes of at least 4 members (excludes halogenated alkanes) is 3. The highest BCUT2D eigenvalue weighted by Crippen LogP contribution is 2.68. The number of rotatable bonds is 16.